The molecule has 0 saturated heterocycles. The van der Waals surface area contributed by atoms with Crippen molar-refractivity contribution in [2.45, 2.75) is 38.6 Å². The second kappa shape index (κ2) is 9.85. The monoisotopic (exact) mass is 361 g/mol. The predicted molar refractivity (Wildman–Crippen MR) is 99.1 cm³/mol. The molecule has 1 aliphatic rings. The van der Waals surface area contributed by atoms with Gasteiger partial charge in [-0.05, 0) is 37.0 Å². The Morgan fingerprint density at radius 2 is 1.96 bits per heavy atom. The highest BCUT2D eigenvalue weighted by Gasteiger charge is 2.22. The summed E-state index contributed by atoms with van der Waals surface area (Å²) in [4.78, 5) is 23.8. The summed E-state index contributed by atoms with van der Waals surface area (Å²) in [5, 5.41) is 2.95. The van der Waals surface area contributed by atoms with Gasteiger partial charge in [0.25, 0.3) is 5.91 Å². The molecular weight excluding hydrogens is 334 g/mol. The van der Waals surface area contributed by atoms with Gasteiger partial charge >= 0.3 is 5.97 Å². The number of ether oxygens (including phenoxy) is 3. The second-order valence-electron chi connectivity index (χ2n) is 6.48. The molecule has 1 saturated carbocycles. The van der Waals surface area contributed by atoms with Gasteiger partial charge in [-0.3, -0.25) is 4.79 Å². The molecule has 0 unspecified atom stereocenters. The SMILES string of the molecule is COc1ccc(/C=C/C(=O)OCC(=O)N[C@H]2CCCC[C@H]2C)c(OC)c1. The van der Waals surface area contributed by atoms with Crippen molar-refractivity contribution >= 4 is 18.0 Å². The summed E-state index contributed by atoms with van der Waals surface area (Å²) in [7, 11) is 3.11. The molecular formula is C20H27NO5. The highest BCUT2D eigenvalue weighted by atomic mass is 16.5. The lowest BCUT2D eigenvalue weighted by Crippen LogP contribution is -2.42. The van der Waals surface area contributed by atoms with Gasteiger partial charge in [0.15, 0.2) is 6.61 Å². The first-order chi connectivity index (χ1) is 12.5. The van der Waals surface area contributed by atoms with Gasteiger partial charge in [0.2, 0.25) is 0 Å². The number of hydrogen-bond donors (Lipinski definition) is 1. The third-order valence-electron chi connectivity index (χ3n) is 4.64. The molecule has 2 rings (SSSR count). The number of benzene rings is 1. The quantitative estimate of drug-likeness (QED) is 0.597. The Morgan fingerprint density at radius 3 is 2.65 bits per heavy atom. The molecule has 1 aromatic rings. The zero-order valence-corrected chi connectivity index (χ0v) is 15.6. The van der Waals surface area contributed by atoms with Gasteiger partial charge in [-0.2, -0.15) is 0 Å². The molecule has 0 aromatic heterocycles. The third-order valence-corrected chi connectivity index (χ3v) is 4.64. The van der Waals surface area contributed by atoms with Crippen LogP contribution in [0.3, 0.4) is 0 Å². The number of rotatable bonds is 7. The molecule has 1 N–H and O–H groups in total. The van der Waals surface area contributed by atoms with Gasteiger partial charge < -0.3 is 19.5 Å². The predicted octanol–water partition coefficient (Wildman–Crippen LogP) is 2.96. The van der Waals surface area contributed by atoms with Crippen LogP contribution in [0.1, 0.15) is 38.2 Å². The molecule has 0 bridgehead atoms. The van der Waals surface area contributed by atoms with Gasteiger partial charge in [-0.1, -0.05) is 19.8 Å². The van der Waals surface area contributed by atoms with E-state index in [0.717, 1.165) is 19.3 Å². The summed E-state index contributed by atoms with van der Waals surface area (Å²) in [6.45, 7) is 1.87. The van der Waals surface area contributed by atoms with Crippen LogP contribution in [0, 0.1) is 5.92 Å². The standard InChI is InChI=1S/C20H27NO5/c1-14-6-4-5-7-17(14)21-19(22)13-26-20(23)11-9-15-8-10-16(24-2)12-18(15)25-3/h8-12,14,17H,4-7,13H2,1-3H3,(H,21,22)/b11-9+/t14-,17+/m1/s1. The van der Waals surface area contributed by atoms with Crippen LogP contribution in [0.25, 0.3) is 6.08 Å². The first-order valence-corrected chi connectivity index (χ1v) is 8.89. The number of carbonyl (C=O) groups is 2. The minimum absolute atomic E-state index is 0.175. The first-order valence-electron chi connectivity index (χ1n) is 8.89. The van der Waals surface area contributed by atoms with Crippen molar-refractivity contribution < 1.29 is 23.8 Å². The van der Waals surface area contributed by atoms with E-state index in [1.807, 2.05) is 0 Å². The number of carbonyl (C=O) groups excluding carboxylic acids is 2. The summed E-state index contributed by atoms with van der Waals surface area (Å²) in [5.74, 6) is 0.876. The maximum Gasteiger partial charge on any atom is 0.331 e. The summed E-state index contributed by atoms with van der Waals surface area (Å²) < 4.78 is 15.4. The molecule has 1 aliphatic carbocycles. The molecule has 1 aromatic carbocycles. The van der Waals surface area contributed by atoms with Crippen molar-refractivity contribution in [3.63, 3.8) is 0 Å². The van der Waals surface area contributed by atoms with Crippen molar-refractivity contribution in [3.8, 4) is 11.5 Å². The van der Waals surface area contributed by atoms with Crippen molar-refractivity contribution in [3.05, 3.63) is 29.8 Å². The van der Waals surface area contributed by atoms with E-state index in [1.54, 1.807) is 38.5 Å². The lowest BCUT2D eigenvalue weighted by Gasteiger charge is -2.29. The van der Waals surface area contributed by atoms with E-state index in [1.165, 1.54) is 12.5 Å². The Kier molecular flexibility index (Phi) is 7.51. The summed E-state index contributed by atoms with van der Waals surface area (Å²) >= 11 is 0. The van der Waals surface area contributed by atoms with Crippen LogP contribution in [0.2, 0.25) is 0 Å². The fourth-order valence-electron chi connectivity index (χ4n) is 3.08. The normalized spacial score (nSPS) is 19.8. The van der Waals surface area contributed by atoms with E-state index in [0.29, 0.717) is 23.0 Å². The average molecular weight is 361 g/mol. The number of esters is 1. The minimum Gasteiger partial charge on any atom is -0.497 e. The Balaban J connectivity index is 1.82. The number of methoxy groups -OCH3 is 2. The topological polar surface area (TPSA) is 73.9 Å². The molecule has 0 radical (unpaired) electrons. The van der Waals surface area contributed by atoms with E-state index in [9.17, 15) is 9.59 Å². The largest absolute Gasteiger partial charge is 0.497 e. The lowest BCUT2D eigenvalue weighted by molar-refractivity contribution is -0.144. The summed E-state index contributed by atoms with van der Waals surface area (Å²) in [5.41, 5.74) is 0.714. The Morgan fingerprint density at radius 1 is 1.19 bits per heavy atom. The molecule has 26 heavy (non-hydrogen) atoms. The first kappa shape index (κ1) is 19.8. The van der Waals surface area contributed by atoms with E-state index < -0.39 is 5.97 Å². The second-order valence-corrected chi connectivity index (χ2v) is 6.48. The molecule has 0 spiro atoms. The zero-order chi connectivity index (χ0) is 18.9. The molecule has 0 aliphatic heterocycles. The summed E-state index contributed by atoms with van der Waals surface area (Å²) in [6, 6.07) is 5.45. The van der Waals surface area contributed by atoms with Crippen molar-refractivity contribution in [1.82, 2.24) is 5.32 Å². The lowest BCUT2D eigenvalue weighted by atomic mass is 9.86. The highest BCUT2D eigenvalue weighted by molar-refractivity contribution is 5.89. The molecule has 1 fully saturated rings. The Hall–Kier alpha value is -2.50. The minimum atomic E-state index is -0.574. The molecule has 0 heterocycles. The Labute approximate surface area is 154 Å². The van der Waals surface area contributed by atoms with Gasteiger partial charge in [0, 0.05) is 23.7 Å². The highest BCUT2D eigenvalue weighted by Crippen LogP contribution is 2.25. The van der Waals surface area contributed by atoms with Crippen molar-refractivity contribution in [1.29, 1.82) is 0 Å². The Bertz CT molecular complexity index is 656. The van der Waals surface area contributed by atoms with Crippen LogP contribution < -0.4 is 14.8 Å². The van der Waals surface area contributed by atoms with E-state index >= 15 is 0 Å². The number of nitrogens with one attached hydrogen (secondary N) is 1. The van der Waals surface area contributed by atoms with E-state index in [4.69, 9.17) is 14.2 Å². The number of amides is 1. The maximum absolute atomic E-state index is 12.0. The van der Waals surface area contributed by atoms with Crippen LogP contribution in [0.4, 0.5) is 0 Å². The molecule has 6 heteroatoms. The van der Waals surface area contributed by atoms with Gasteiger partial charge in [0.1, 0.15) is 11.5 Å². The zero-order valence-electron chi connectivity index (χ0n) is 15.6. The van der Waals surface area contributed by atoms with Crippen LogP contribution >= 0.6 is 0 Å². The maximum atomic E-state index is 12.0. The van der Waals surface area contributed by atoms with Crippen LogP contribution in [-0.2, 0) is 14.3 Å². The van der Waals surface area contributed by atoms with Crippen LogP contribution in [0.15, 0.2) is 24.3 Å². The number of hydrogen-bond acceptors (Lipinski definition) is 5. The average Bonchev–Trinajstić information content (AvgIpc) is 2.66. The van der Waals surface area contributed by atoms with E-state index in [-0.39, 0.29) is 18.6 Å². The van der Waals surface area contributed by atoms with Gasteiger partial charge in [-0.25, -0.2) is 4.79 Å². The molecule has 2 atom stereocenters. The van der Waals surface area contributed by atoms with Crippen LogP contribution in [-0.4, -0.2) is 38.7 Å². The van der Waals surface area contributed by atoms with Crippen LogP contribution in [0.5, 0.6) is 11.5 Å². The van der Waals surface area contributed by atoms with Crippen molar-refractivity contribution in [2.75, 3.05) is 20.8 Å². The fourth-order valence-corrected chi connectivity index (χ4v) is 3.08. The molecule has 142 valence electrons. The molecule has 6 nitrogen and oxygen atoms in total. The van der Waals surface area contributed by atoms with Gasteiger partial charge in [-0.15, -0.1) is 0 Å². The van der Waals surface area contributed by atoms with Gasteiger partial charge in [0.05, 0.1) is 14.2 Å². The molecule has 1 amide bonds. The smallest absolute Gasteiger partial charge is 0.331 e. The van der Waals surface area contributed by atoms with Crippen molar-refractivity contribution in [2.24, 2.45) is 5.92 Å². The third kappa shape index (κ3) is 5.79. The van der Waals surface area contributed by atoms with E-state index in [2.05, 4.69) is 12.2 Å². The fraction of sp³-hybridized carbons (Fsp3) is 0.500. The summed E-state index contributed by atoms with van der Waals surface area (Å²) in [6.07, 6.45) is 7.31.